The van der Waals surface area contributed by atoms with Crippen molar-refractivity contribution in [2.24, 2.45) is 0 Å². The molecule has 0 spiro atoms. The third kappa shape index (κ3) is 3.86. The van der Waals surface area contributed by atoms with Crippen molar-refractivity contribution in [3.63, 3.8) is 0 Å². The number of aliphatic hydroxyl groups excluding tert-OH is 1. The van der Waals surface area contributed by atoms with E-state index in [4.69, 9.17) is 0 Å². The molecule has 0 aliphatic carbocycles. The van der Waals surface area contributed by atoms with Gasteiger partial charge in [0.25, 0.3) is 0 Å². The van der Waals surface area contributed by atoms with E-state index in [9.17, 15) is 9.50 Å². The van der Waals surface area contributed by atoms with Gasteiger partial charge in [-0.25, -0.2) is 9.37 Å². The van der Waals surface area contributed by atoms with Crippen LogP contribution in [-0.4, -0.2) is 34.2 Å². The van der Waals surface area contributed by atoms with Gasteiger partial charge < -0.3 is 10.4 Å². The van der Waals surface area contributed by atoms with Crippen LogP contribution in [0.4, 0.5) is 10.2 Å². The average Bonchev–Trinajstić information content (AvgIpc) is 3.02. The van der Waals surface area contributed by atoms with Crippen molar-refractivity contribution in [3.8, 4) is 0 Å². The molecule has 23 heavy (non-hydrogen) atoms. The molecule has 1 saturated heterocycles. The summed E-state index contributed by atoms with van der Waals surface area (Å²) in [4.78, 5) is 6.34. The molecule has 122 valence electrons. The van der Waals surface area contributed by atoms with E-state index >= 15 is 0 Å². The molecule has 0 unspecified atom stereocenters. The molecule has 2 aromatic rings. The third-order valence-electron chi connectivity index (χ3n) is 4.41. The summed E-state index contributed by atoms with van der Waals surface area (Å²) < 4.78 is 13.7. The van der Waals surface area contributed by atoms with Crippen LogP contribution in [0, 0.1) is 5.82 Å². The third-order valence-corrected chi connectivity index (χ3v) is 4.41. The molecule has 2 heterocycles. The van der Waals surface area contributed by atoms with E-state index in [-0.39, 0.29) is 24.3 Å². The SMILES string of the molecule is OC[C@H]1CCCN1Cc1ccccc1CNc1ncccc1F. The van der Waals surface area contributed by atoms with Gasteiger partial charge in [-0.3, -0.25) is 4.90 Å². The molecule has 0 bridgehead atoms. The monoisotopic (exact) mass is 315 g/mol. The predicted molar refractivity (Wildman–Crippen MR) is 88.5 cm³/mol. The van der Waals surface area contributed by atoms with Gasteiger partial charge in [0.2, 0.25) is 0 Å². The minimum absolute atomic E-state index is 0.208. The number of pyridine rings is 1. The number of aliphatic hydroxyl groups is 1. The van der Waals surface area contributed by atoms with E-state index in [1.165, 1.54) is 11.6 Å². The summed E-state index contributed by atoms with van der Waals surface area (Å²) in [5.41, 5.74) is 2.33. The molecule has 0 saturated carbocycles. The number of hydrogen-bond acceptors (Lipinski definition) is 4. The molecule has 2 N–H and O–H groups in total. The fraction of sp³-hybridized carbons (Fsp3) is 0.389. The van der Waals surface area contributed by atoms with Crippen LogP contribution in [0.5, 0.6) is 0 Å². The van der Waals surface area contributed by atoms with E-state index in [1.807, 2.05) is 18.2 Å². The van der Waals surface area contributed by atoms with Gasteiger partial charge in [-0.15, -0.1) is 0 Å². The highest BCUT2D eigenvalue weighted by molar-refractivity contribution is 5.38. The van der Waals surface area contributed by atoms with Crippen molar-refractivity contribution in [1.82, 2.24) is 9.88 Å². The first-order valence-corrected chi connectivity index (χ1v) is 8.04. The summed E-state index contributed by atoms with van der Waals surface area (Å²) in [5.74, 6) is -0.0680. The summed E-state index contributed by atoms with van der Waals surface area (Å²) >= 11 is 0. The van der Waals surface area contributed by atoms with Gasteiger partial charge in [0, 0.05) is 25.3 Å². The molecule has 0 amide bonds. The van der Waals surface area contributed by atoms with Crippen LogP contribution < -0.4 is 5.32 Å². The van der Waals surface area contributed by atoms with Crippen LogP contribution in [0.15, 0.2) is 42.6 Å². The standard InChI is InChI=1S/C18H22FN3O/c19-17-8-3-9-20-18(17)21-11-14-5-1-2-6-15(14)12-22-10-4-7-16(22)13-23/h1-3,5-6,8-9,16,23H,4,7,10-13H2,(H,20,21)/t16-/m1/s1. The molecule has 1 aromatic carbocycles. The molecule has 3 rings (SSSR count). The summed E-state index contributed by atoms with van der Waals surface area (Å²) in [6.45, 7) is 2.57. The van der Waals surface area contributed by atoms with Crippen LogP contribution in [0.25, 0.3) is 0 Å². The maximum atomic E-state index is 13.7. The number of benzene rings is 1. The fourth-order valence-electron chi connectivity index (χ4n) is 3.11. The molecule has 1 fully saturated rings. The molecule has 1 atom stereocenters. The Morgan fingerprint density at radius 2 is 2.04 bits per heavy atom. The zero-order chi connectivity index (χ0) is 16.1. The van der Waals surface area contributed by atoms with Crippen LogP contribution in [-0.2, 0) is 13.1 Å². The number of hydrogen-bond donors (Lipinski definition) is 2. The number of halogens is 1. The molecular formula is C18H22FN3O. The first-order chi connectivity index (χ1) is 11.3. The van der Waals surface area contributed by atoms with E-state index in [0.717, 1.165) is 31.5 Å². The second kappa shape index (κ2) is 7.53. The molecule has 4 nitrogen and oxygen atoms in total. The van der Waals surface area contributed by atoms with Gasteiger partial charge in [-0.05, 0) is 42.6 Å². The maximum absolute atomic E-state index is 13.7. The molecule has 5 heteroatoms. The van der Waals surface area contributed by atoms with Crippen molar-refractivity contribution >= 4 is 5.82 Å². The van der Waals surface area contributed by atoms with Crippen molar-refractivity contribution in [2.75, 3.05) is 18.5 Å². The zero-order valence-corrected chi connectivity index (χ0v) is 13.1. The summed E-state index contributed by atoms with van der Waals surface area (Å²) in [5, 5.41) is 12.5. The lowest BCUT2D eigenvalue weighted by Crippen LogP contribution is -2.32. The average molecular weight is 315 g/mol. The summed E-state index contributed by atoms with van der Waals surface area (Å²) in [6.07, 6.45) is 3.76. The highest BCUT2D eigenvalue weighted by Gasteiger charge is 2.24. The van der Waals surface area contributed by atoms with Gasteiger partial charge >= 0.3 is 0 Å². The predicted octanol–water partition coefficient (Wildman–Crippen LogP) is 2.79. The topological polar surface area (TPSA) is 48.4 Å². The van der Waals surface area contributed by atoms with Gasteiger partial charge in [-0.1, -0.05) is 24.3 Å². The number of nitrogens with one attached hydrogen (secondary N) is 1. The van der Waals surface area contributed by atoms with Crippen LogP contribution in [0.2, 0.25) is 0 Å². The van der Waals surface area contributed by atoms with Crippen molar-refractivity contribution in [2.45, 2.75) is 32.0 Å². The van der Waals surface area contributed by atoms with Crippen molar-refractivity contribution in [3.05, 3.63) is 59.5 Å². The Morgan fingerprint density at radius 1 is 1.22 bits per heavy atom. The number of aromatic nitrogens is 1. The van der Waals surface area contributed by atoms with Crippen molar-refractivity contribution in [1.29, 1.82) is 0 Å². The lowest BCUT2D eigenvalue weighted by molar-refractivity contribution is 0.153. The minimum Gasteiger partial charge on any atom is -0.395 e. The minimum atomic E-state index is -0.343. The number of rotatable bonds is 6. The highest BCUT2D eigenvalue weighted by Crippen LogP contribution is 2.22. The molecule has 0 radical (unpaired) electrons. The lowest BCUT2D eigenvalue weighted by Gasteiger charge is -2.24. The van der Waals surface area contributed by atoms with Crippen LogP contribution >= 0.6 is 0 Å². The first-order valence-electron chi connectivity index (χ1n) is 8.04. The van der Waals surface area contributed by atoms with Gasteiger partial charge in [-0.2, -0.15) is 0 Å². The second-order valence-corrected chi connectivity index (χ2v) is 5.91. The Hall–Kier alpha value is -1.98. The van der Waals surface area contributed by atoms with Crippen molar-refractivity contribution < 1.29 is 9.50 Å². The number of nitrogens with zero attached hydrogens (tertiary/aromatic N) is 2. The fourth-order valence-corrected chi connectivity index (χ4v) is 3.11. The van der Waals surface area contributed by atoms with Crippen LogP contribution in [0.3, 0.4) is 0 Å². The smallest absolute Gasteiger partial charge is 0.165 e. The second-order valence-electron chi connectivity index (χ2n) is 5.91. The highest BCUT2D eigenvalue weighted by atomic mass is 19.1. The van der Waals surface area contributed by atoms with Gasteiger partial charge in [0.05, 0.1) is 6.61 Å². The molecule has 1 aromatic heterocycles. The first kappa shape index (κ1) is 15.9. The zero-order valence-electron chi connectivity index (χ0n) is 13.1. The van der Waals surface area contributed by atoms with E-state index in [1.54, 1.807) is 12.3 Å². The number of anilines is 1. The molecule has 1 aliphatic heterocycles. The van der Waals surface area contributed by atoms with Crippen LogP contribution in [0.1, 0.15) is 24.0 Å². The number of likely N-dealkylation sites (tertiary alicyclic amines) is 1. The van der Waals surface area contributed by atoms with E-state index in [0.29, 0.717) is 6.54 Å². The summed E-state index contributed by atoms with van der Waals surface area (Å²) in [6, 6.07) is 11.4. The Kier molecular flexibility index (Phi) is 5.20. The lowest BCUT2D eigenvalue weighted by atomic mass is 10.1. The van der Waals surface area contributed by atoms with E-state index < -0.39 is 0 Å². The maximum Gasteiger partial charge on any atom is 0.165 e. The van der Waals surface area contributed by atoms with Gasteiger partial charge in [0.1, 0.15) is 0 Å². The Labute approximate surface area is 136 Å². The summed E-state index contributed by atoms with van der Waals surface area (Å²) in [7, 11) is 0. The molecule has 1 aliphatic rings. The normalized spacial score (nSPS) is 18.3. The van der Waals surface area contributed by atoms with Gasteiger partial charge in [0.15, 0.2) is 11.6 Å². The molecular weight excluding hydrogens is 293 g/mol. The Bertz CT molecular complexity index is 650. The Balaban J connectivity index is 1.69. The largest absolute Gasteiger partial charge is 0.395 e. The quantitative estimate of drug-likeness (QED) is 0.860. The Morgan fingerprint density at radius 3 is 2.83 bits per heavy atom. The van der Waals surface area contributed by atoms with E-state index in [2.05, 4.69) is 21.3 Å².